The van der Waals surface area contributed by atoms with Crippen molar-refractivity contribution in [2.24, 2.45) is 0 Å². The van der Waals surface area contributed by atoms with Crippen molar-refractivity contribution < 1.29 is 4.74 Å². The summed E-state index contributed by atoms with van der Waals surface area (Å²) in [6, 6.07) is 7.96. The molecule has 0 heterocycles. The molecule has 0 aliphatic rings. The molecule has 84 valence electrons. The van der Waals surface area contributed by atoms with Crippen molar-refractivity contribution >= 4 is 0 Å². The number of aryl methyl sites for hydroxylation is 1. The van der Waals surface area contributed by atoms with E-state index in [4.69, 9.17) is 4.74 Å². The van der Waals surface area contributed by atoms with Gasteiger partial charge in [-0.15, -0.1) is 0 Å². The fourth-order valence-corrected chi connectivity index (χ4v) is 1.13. The molecule has 1 aromatic carbocycles. The topological polar surface area (TPSA) is 9.23 Å². The van der Waals surface area contributed by atoms with Gasteiger partial charge in [-0.05, 0) is 45.1 Å². The van der Waals surface area contributed by atoms with Crippen LogP contribution in [0.1, 0.15) is 19.4 Å². The van der Waals surface area contributed by atoms with Gasteiger partial charge in [-0.2, -0.15) is 0 Å². The van der Waals surface area contributed by atoms with Crippen LogP contribution < -0.4 is 4.74 Å². The Morgan fingerprint density at radius 3 is 2.25 bits per heavy atom. The SMILES string of the molecule is C=C/C(=C\C=C(C)C)Oc1ccc(C)cc1. The van der Waals surface area contributed by atoms with Gasteiger partial charge in [-0.1, -0.05) is 35.9 Å². The molecule has 0 aromatic heterocycles. The molecular weight excluding hydrogens is 196 g/mol. The lowest BCUT2D eigenvalue weighted by molar-refractivity contribution is 0.444. The van der Waals surface area contributed by atoms with E-state index in [0.717, 1.165) is 11.5 Å². The fraction of sp³-hybridized carbons (Fsp3) is 0.200. The van der Waals surface area contributed by atoms with Crippen LogP contribution in [-0.2, 0) is 0 Å². The molecule has 0 radical (unpaired) electrons. The summed E-state index contributed by atoms with van der Waals surface area (Å²) in [6.45, 7) is 9.87. The molecule has 0 aliphatic carbocycles. The van der Waals surface area contributed by atoms with Gasteiger partial charge in [0.05, 0.1) is 0 Å². The Morgan fingerprint density at radius 1 is 1.12 bits per heavy atom. The van der Waals surface area contributed by atoms with Crippen LogP contribution in [-0.4, -0.2) is 0 Å². The highest BCUT2D eigenvalue weighted by Gasteiger charge is 1.95. The van der Waals surface area contributed by atoms with Gasteiger partial charge in [0.2, 0.25) is 0 Å². The van der Waals surface area contributed by atoms with E-state index in [1.165, 1.54) is 11.1 Å². The first kappa shape index (κ1) is 12.3. The third kappa shape index (κ3) is 4.18. The molecule has 0 saturated carbocycles. The molecule has 0 saturated heterocycles. The maximum absolute atomic E-state index is 5.67. The van der Waals surface area contributed by atoms with Crippen LogP contribution in [0.15, 0.2) is 60.4 Å². The first-order valence-electron chi connectivity index (χ1n) is 5.34. The van der Waals surface area contributed by atoms with Gasteiger partial charge in [0.1, 0.15) is 11.5 Å². The van der Waals surface area contributed by atoms with E-state index in [1.807, 2.05) is 50.3 Å². The van der Waals surface area contributed by atoms with Crippen molar-refractivity contribution in [3.63, 3.8) is 0 Å². The van der Waals surface area contributed by atoms with E-state index in [1.54, 1.807) is 6.08 Å². The number of allylic oxidation sites excluding steroid dienone is 4. The molecule has 1 nitrogen and oxygen atoms in total. The standard InChI is InChI=1S/C15H18O/c1-5-14(9-6-12(2)3)16-15-10-7-13(4)8-11-15/h5-11H,1H2,2-4H3/b14-9+. The summed E-state index contributed by atoms with van der Waals surface area (Å²) in [4.78, 5) is 0. The average Bonchev–Trinajstić information content (AvgIpc) is 2.26. The fourth-order valence-electron chi connectivity index (χ4n) is 1.13. The molecule has 16 heavy (non-hydrogen) atoms. The minimum Gasteiger partial charge on any atom is -0.457 e. The van der Waals surface area contributed by atoms with Crippen molar-refractivity contribution in [1.29, 1.82) is 0 Å². The molecule has 0 N–H and O–H groups in total. The van der Waals surface area contributed by atoms with Crippen molar-refractivity contribution in [3.05, 3.63) is 66.0 Å². The molecule has 0 spiro atoms. The van der Waals surface area contributed by atoms with E-state index < -0.39 is 0 Å². The summed E-state index contributed by atoms with van der Waals surface area (Å²) in [5.41, 5.74) is 2.45. The third-order valence-electron chi connectivity index (χ3n) is 2.04. The molecule has 0 amide bonds. The van der Waals surface area contributed by atoms with Crippen LogP contribution in [0.25, 0.3) is 0 Å². The van der Waals surface area contributed by atoms with Gasteiger partial charge in [0.15, 0.2) is 0 Å². The zero-order valence-electron chi connectivity index (χ0n) is 10.2. The predicted molar refractivity (Wildman–Crippen MR) is 69.5 cm³/mol. The highest BCUT2D eigenvalue weighted by atomic mass is 16.5. The second kappa shape index (κ2) is 5.96. The van der Waals surface area contributed by atoms with Crippen LogP contribution in [0.4, 0.5) is 0 Å². The number of rotatable bonds is 4. The Hall–Kier alpha value is -1.76. The largest absolute Gasteiger partial charge is 0.457 e. The van der Waals surface area contributed by atoms with E-state index in [0.29, 0.717) is 0 Å². The molecule has 0 atom stereocenters. The normalized spacial score (nSPS) is 10.8. The molecule has 0 aliphatic heterocycles. The Bertz CT molecular complexity index is 404. The van der Waals surface area contributed by atoms with Crippen LogP contribution in [0.5, 0.6) is 5.75 Å². The molecule has 0 unspecified atom stereocenters. The first-order valence-corrected chi connectivity index (χ1v) is 5.34. The van der Waals surface area contributed by atoms with Crippen molar-refractivity contribution in [2.75, 3.05) is 0 Å². The second-order valence-electron chi connectivity index (χ2n) is 3.93. The summed E-state index contributed by atoms with van der Waals surface area (Å²) in [5.74, 6) is 1.59. The summed E-state index contributed by atoms with van der Waals surface area (Å²) >= 11 is 0. The minimum absolute atomic E-state index is 0.755. The molecule has 1 heteroatoms. The lowest BCUT2D eigenvalue weighted by atomic mass is 10.2. The summed E-state index contributed by atoms with van der Waals surface area (Å²) in [7, 11) is 0. The number of hydrogen-bond acceptors (Lipinski definition) is 1. The quantitative estimate of drug-likeness (QED) is 0.533. The Kier molecular flexibility index (Phi) is 4.59. The molecule has 0 fully saturated rings. The minimum atomic E-state index is 0.755. The molecule has 1 aromatic rings. The predicted octanol–water partition coefficient (Wildman–Crippen LogP) is 4.41. The maximum Gasteiger partial charge on any atom is 0.127 e. The number of benzene rings is 1. The summed E-state index contributed by atoms with van der Waals surface area (Å²) < 4.78 is 5.67. The van der Waals surface area contributed by atoms with Crippen LogP contribution in [0.3, 0.4) is 0 Å². The van der Waals surface area contributed by atoms with Gasteiger partial charge < -0.3 is 4.74 Å². The van der Waals surface area contributed by atoms with Gasteiger partial charge >= 0.3 is 0 Å². The van der Waals surface area contributed by atoms with E-state index >= 15 is 0 Å². The van der Waals surface area contributed by atoms with Gasteiger partial charge in [0, 0.05) is 0 Å². The van der Waals surface area contributed by atoms with Crippen LogP contribution in [0, 0.1) is 6.92 Å². The van der Waals surface area contributed by atoms with Crippen LogP contribution >= 0.6 is 0 Å². The van der Waals surface area contributed by atoms with Crippen molar-refractivity contribution in [2.45, 2.75) is 20.8 Å². The van der Waals surface area contributed by atoms with E-state index in [2.05, 4.69) is 13.5 Å². The summed E-state index contributed by atoms with van der Waals surface area (Å²) in [6.07, 6.45) is 5.63. The highest BCUT2D eigenvalue weighted by Crippen LogP contribution is 2.15. The second-order valence-corrected chi connectivity index (χ2v) is 3.93. The smallest absolute Gasteiger partial charge is 0.127 e. The monoisotopic (exact) mass is 214 g/mol. The Morgan fingerprint density at radius 2 is 1.75 bits per heavy atom. The molecule has 0 bridgehead atoms. The average molecular weight is 214 g/mol. The summed E-state index contributed by atoms with van der Waals surface area (Å²) in [5, 5.41) is 0. The van der Waals surface area contributed by atoms with E-state index in [-0.39, 0.29) is 0 Å². The van der Waals surface area contributed by atoms with Crippen molar-refractivity contribution in [1.82, 2.24) is 0 Å². The molecule has 1 rings (SSSR count). The first-order chi connectivity index (χ1) is 7.61. The highest BCUT2D eigenvalue weighted by molar-refractivity contribution is 5.30. The number of hydrogen-bond donors (Lipinski definition) is 0. The Balaban J connectivity index is 2.78. The zero-order valence-corrected chi connectivity index (χ0v) is 10.2. The number of ether oxygens (including phenoxy) is 1. The van der Waals surface area contributed by atoms with Gasteiger partial charge in [-0.3, -0.25) is 0 Å². The van der Waals surface area contributed by atoms with Gasteiger partial charge in [-0.25, -0.2) is 0 Å². The molecular formula is C15H18O. The lowest BCUT2D eigenvalue weighted by Crippen LogP contribution is -1.91. The third-order valence-corrected chi connectivity index (χ3v) is 2.04. The lowest BCUT2D eigenvalue weighted by Gasteiger charge is -2.05. The van der Waals surface area contributed by atoms with Crippen LogP contribution in [0.2, 0.25) is 0 Å². The zero-order chi connectivity index (χ0) is 12.0. The van der Waals surface area contributed by atoms with Crippen molar-refractivity contribution in [3.8, 4) is 5.75 Å². The Labute approximate surface area is 97.8 Å². The van der Waals surface area contributed by atoms with E-state index in [9.17, 15) is 0 Å². The maximum atomic E-state index is 5.67. The van der Waals surface area contributed by atoms with Gasteiger partial charge in [0.25, 0.3) is 0 Å².